The minimum Gasteiger partial charge on any atom is -0.362 e. The van der Waals surface area contributed by atoms with Crippen LogP contribution in [0.4, 0.5) is 0 Å². The van der Waals surface area contributed by atoms with Crippen LogP contribution in [0.3, 0.4) is 0 Å². The number of nitrogens with zero attached hydrogens (tertiary/aromatic N) is 1. The molecule has 0 radical (unpaired) electrons. The van der Waals surface area contributed by atoms with Crippen molar-refractivity contribution in [3.63, 3.8) is 0 Å². The molecule has 0 bridgehead atoms. The van der Waals surface area contributed by atoms with Gasteiger partial charge in [-0.05, 0) is 0 Å². The standard InChI is InChI=1S/C4H8N2S/c1-6-3-2-5-4(6)7/h2-5,7H,1H3. The van der Waals surface area contributed by atoms with Crippen LogP contribution in [0.5, 0.6) is 0 Å². The van der Waals surface area contributed by atoms with Crippen molar-refractivity contribution < 1.29 is 0 Å². The fourth-order valence-electron chi connectivity index (χ4n) is 0.446. The summed E-state index contributed by atoms with van der Waals surface area (Å²) in [6.07, 6.45) is 3.81. The van der Waals surface area contributed by atoms with Crippen LogP contribution in [0.15, 0.2) is 12.4 Å². The van der Waals surface area contributed by atoms with E-state index in [2.05, 4.69) is 17.9 Å². The van der Waals surface area contributed by atoms with E-state index in [1.807, 2.05) is 24.3 Å². The zero-order valence-corrected chi connectivity index (χ0v) is 5.02. The highest BCUT2D eigenvalue weighted by atomic mass is 32.1. The van der Waals surface area contributed by atoms with Crippen molar-refractivity contribution in [3.05, 3.63) is 12.4 Å². The smallest absolute Gasteiger partial charge is 0.144 e. The van der Waals surface area contributed by atoms with Crippen molar-refractivity contribution in [3.8, 4) is 0 Å². The Balaban J connectivity index is 2.45. The molecule has 0 spiro atoms. The molecule has 0 aromatic rings. The largest absolute Gasteiger partial charge is 0.362 e. The number of nitrogens with one attached hydrogen (secondary N) is 1. The SMILES string of the molecule is CN1C=CNC1S. The summed E-state index contributed by atoms with van der Waals surface area (Å²) in [5, 5.41) is 2.98. The molecule has 1 rings (SSSR count). The Bertz CT molecular complexity index is 91.7. The molecular formula is C4H8N2S. The van der Waals surface area contributed by atoms with Crippen LogP contribution >= 0.6 is 12.6 Å². The normalized spacial score (nSPS) is 28.3. The van der Waals surface area contributed by atoms with Gasteiger partial charge in [-0.2, -0.15) is 0 Å². The van der Waals surface area contributed by atoms with Gasteiger partial charge in [-0.1, -0.05) is 0 Å². The molecule has 7 heavy (non-hydrogen) atoms. The van der Waals surface area contributed by atoms with Crippen LogP contribution in [0.2, 0.25) is 0 Å². The van der Waals surface area contributed by atoms with E-state index in [9.17, 15) is 0 Å². The van der Waals surface area contributed by atoms with Crippen molar-refractivity contribution in [2.45, 2.75) is 5.50 Å². The van der Waals surface area contributed by atoms with Crippen LogP contribution in [-0.4, -0.2) is 17.4 Å². The van der Waals surface area contributed by atoms with Crippen LogP contribution in [0.25, 0.3) is 0 Å². The first kappa shape index (κ1) is 4.84. The Morgan fingerprint density at radius 3 is 2.71 bits per heavy atom. The van der Waals surface area contributed by atoms with Gasteiger partial charge in [0, 0.05) is 19.4 Å². The lowest BCUT2D eigenvalue weighted by molar-refractivity contribution is 0.439. The van der Waals surface area contributed by atoms with Crippen molar-refractivity contribution in [2.24, 2.45) is 0 Å². The maximum absolute atomic E-state index is 4.14. The minimum absolute atomic E-state index is 0.181. The molecular weight excluding hydrogens is 108 g/mol. The fraction of sp³-hybridized carbons (Fsp3) is 0.500. The summed E-state index contributed by atoms with van der Waals surface area (Å²) in [4.78, 5) is 1.98. The molecule has 0 amide bonds. The summed E-state index contributed by atoms with van der Waals surface area (Å²) in [5.74, 6) is 0. The molecule has 2 nitrogen and oxygen atoms in total. The Morgan fingerprint density at radius 2 is 2.57 bits per heavy atom. The first-order valence-electron chi connectivity index (χ1n) is 2.13. The number of thiol groups is 1. The fourth-order valence-corrected chi connectivity index (χ4v) is 0.609. The molecule has 1 N–H and O–H groups in total. The van der Waals surface area contributed by atoms with Gasteiger partial charge < -0.3 is 10.2 Å². The topological polar surface area (TPSA) is 15.3 Å². The lowest BCUT2D eigenvalue weighted by Gasteiger charge is -2.13. The van der Waals surface area contributed by atoms with Crippen LogP contribution < -0.4 is 5.32 Å². The first-order chi connectivity index (χ1) is 3.30. The van der Waals surface area contributed by atoms with Crippen molar-refractivity contribution in [2.75, 3.05) is 7.05 Å². The summed E-state index contributed by atoms with van der Waals surface area (Å²) in [7, 11) is 1.97. The molecule has 0 saturated carbocycles. The Morgan fingerprint density at radius 1 is 1.86 bits per heavy atom. The molecule has 40 valence electrons. The molecule has 0 saturated heterocycles. The maximum Gasteiger partial charge on any atom is 0.144 e. The van der Waals surface area contributed by atoms with Gasteiger partial charge >= 0.3 is 0 Å². The Hall–Kier alpha value is -0.310. The molecule has 1 heterocycles. The average Bonchev–Trinajstić information content (AvgIpc) is 1.91. The van der Waals surface area contributed by atoms with Gasteiger partial charge in [0.2, 0.25) is 0 Å². The van der Waals surface area contributed by atoms with Gasteiger partial charge in [0.05, 0.1) is 0 Å². The van der Waals surface area contributed by atoms with Crippen LogP contribution in [0.1, 0.15) is 0 Å². The molecule has 0 fully saturated rings. The zero-order chi connectivity index (χ0) is 5.28. The third-order valence-corrected chi connectivity index (χ3v) is 1.45. The average molecular weight is 116 g/mol. The second-order valence-corrected chi connectivity index (χ2v) is 2.01. The van der Waals surface area contributed by atoms with E-state index < -0.39 is 0 Å². The van der Waals surface area contributed by atoms with E-state index in [0.29, 0.717) is 0 Å². The molecule has 3 heteroatoms. The summed E-state index contributed by atoms with van der Waals surface area (Å²) < 4.78 is 0. The van der Waals surface area contributed by atoms with E-state index in [4.69, 9.17) is 0 Å². The van der Waals surface area contributed by atoms with Gasteiger partial charge in [0.15, 0.2) is 0 Å². The minimum atomic E-state index is 0.181. The van der Waals surface area contributed by atoms with Crippen LogP contribution in [0, 0.1) is 0 Å². The monoisotopic (exact) mass is 116 g/mol. The molecule has 1 atom stereocenters. The predicted molar refractivity (Wildman–Crippen MR) is 32.8 cm³/mol. The summed E-state index contributed by atoms with van der Waals surface area (Å²) in [6, 6.07) is 0. The van der Waals surface area contributed by atoms with Crippen molar-refractivity contribution in [1.82, 2.24) is 10.2 Å². The highest BCUT2D eigenvalue weighted by molar-refractivity contribution is 7.80. The lowest BCUT2D eigenvalue weighted by atomic mass is 10.9. The quantitative estimate of drug-likeness (QED) is 0.440. The van der Waals surface area contributed by atoms with Gasteiger partial charge in [0.25, 0.3) is 0 Å². The predicted octanol–water partition coefficient (Wildman–Crippen LogP) is 0.206. The maximum atomic E-state index is 4.14. The molecule has 1 aliphatic heterocycles. The first-order valence-corrected chi connectivity index (χ1v) is 2.65. The molecule has 1 unspecified atom stereocenters. The lowest BCUT2D eigenvalue weighted by Crippen LogP contribution is -2.25. The van der Waals surface area contributed by atoms with E-state index in [0.717, 1.165) is 0 Å². The zero-order valence-electron chi connectivity index (χ0n) is 4.13. The van der Waals surface area contributed by atoms with E-state index >= 15 is 0 Å². The number of hydrogen-bond donors (Lipinski definition) is 2. The molecule has 0 aromatic heterocycles. The highest BCUT2D eigenvalue weighted by Gasteiger charge is 2.06. The third-order valence-electron chi connectivity index (χ3n) is 0.941. The van der Waals surface area contributed by atoms with Crippen molar-refractivity contribution in [1.29, 1.82) is 0 Å². The number of hydrogen-bond acceptors (Lipinski definition) is 3. The van der Waals surface area contributed by atoms with Gasteiger partial charge in [0.1, 0.15) is 5.50 Å². The highest BCUT2D eigenvalue weighted by Crippen LogP contribution is 2.02. The van der Waals surface area contributed by atoms with Crippen LogP contribution in [-0.2, 0) is 0 Å². The van der Waals surface area contributed by atoms with E-state index in [1.54, 1.807) is 0 Å². The second-order valence-electron chi connectivity index (χ2n) is 1.52. The van der Waals surface area contributed by atoms with E-state index in [1.165, 1.54) is 0 Å². The molecule has 1 aliphatic rings. The van der Waals surface area contributed by atoms with Gasteiger partial charge in [-0.15, -0.1) is 12.6 Å². The molecule has 0 aromatic carbocycles. The molecule has 0 aliphatic carbocycles. The second kappa shape index (κ2) is 1.66. The number of rotatable bonds is 0. The summed E-state index contributed by atoms with van der Waals surface area (Å²) >= 11 is 4.14. The summed E-state index contributed by atoms with van der Waals surface area (Å²) in [6.45, 7) is 0. The van der Waals surface area contributed by atoms with Gasteiger partial charge in [-0.3, -0.25) is 0 Å². The summed E-state index contributed by atoms with van der Waals surface area (Å²) in [5.41, 5.74) is 0.181. The van der Waals surface area contributed by atoms with Gasteiger partial charge in [-0.25, -0.2) is 0 Å². The Labute approximate surface area is 48.6 Å². The van der Waals surface area contributed by atoms with Crippen molar-refractivity contribution >= 4 is 12.6 Å². The Kier molecular flexibility index (Phi) is 1.15. The third kappa shape index (κ3) is 0.825. The van der Waals surface area contributed by atoms with E-state index in [-0.39, 0.29) is 5.50 Å².